The Bertz CT molecular complexity index is 566. The number of nitrogens with two attached hydrogens (primary N) is 1. The van der Waals surface area contributed by atoms with E-state index < -0.39 is 34.5 Å². The fraction of sp³-hybridized carbons (Fsp3) is 0.417. The zero-order valence-corrected chi connectivity index (χ0v) is 12.3. The summed E-state index contributed by atoms with van der Waals surface area (Å²) < 4.78 is 53.5. The topological polar surface area (TPSA) is 118 Å². The van der Waals surface area contributed by atoms with Gasteiger partial charge in [0.05, 0.1) is 4.90 Å². The first-order valence-electron chi connectivity index (χ1n) is 5.73. The summed E-state index contributed by atoms with van der Waals surface area (Å²) in [6.07, 6.45) is -0.817. The largest absolute Gasteiger partial charge is 0.480 e. The summed E-state index contributed by atoms with van der Waals surface area (Å²) in [6.45, 7) is 2.48. The second-order valence-electron chi connectivity index (χ2n) is 4.51. The van der Waals surface area contributed by atoms with Crippen LogP contribution in [0, 0.1) is 6.92 Å². The summed E-state index contributed by atoms with van der Waals surface area (Å²) in [4.78, 5) is 9.85. The molecule has 0 aliphatic rings. The average Bonchev–Trinajstić information content (AvgIpc) is 2.26. The Morgan fingerprint density at radius 3 is 2.00 bits per heavy atom. The van der Waals surface area contributed by atoms with Crippen LogP contribution in [0.15, 0.2) is 29.2 Å². The summed E-state index contributed by atoms with van der Waals surface area (Å²) in [7, 11) is -4.02. The maximum absolute atomic E-state index is 12.0. The summed E-state index contributed by atoms with van der Waals surface area (Å²) >= 11 is 0. The average molecular weight is 325 g/mol. The van der Waals surface area contributed by atoms with E-state index in [1.54, 1.807) is 12.1 Å². The van der Waals surface area contributed by atoms with Gasteiger partial charge in [0, 0.05) is 6.42 Å². The van der Waals surface area contributed by atoms with Gasteiger partial charge in [0.2, 0.25) is 5.92 Å². The highest BCUT2D eigenvalue weighted by atomic mass is 32.2. The van der Waals surface area contributed by atoms with Crippen LogP contribution < -0.4 is 5.73 Å². The summed E-state index contributed by atoms with van der Waals surface area (Å²) in [5.41, 5.74) is 5.78. The zero-order chi connectivity index (χ0) is 16.8. The molecule has 120 valence electrons. The van der Waals surface area contributed by atoms with Gasteiger partial charge in [-0.1, -0.05) is 17.7 Å². The van der Waals surface area contributed by atoms with E-state index >= 15 is 0 Å². The molecule has 4 N–H and O–H groups in total. The van der Waals surface area contributed by atoms with E-state index in [0.717, 1.165) is 5.56 Å². The molecule has 0 bridgehead atoms. The van der Waals surface area contributed by atoms with Crippen molar-refractivity contribution in [3.05, 3.63) is 29.8 Å². The van der Waals surface area contributed by atoms with Crippen molar-refractivity contribution in [1.29, 1.82) is 0 Å². The molecule has 0 aliphatic carbocycles. The first-order valence-corrected chi connectivity index (χ1v) is 7.17. The molecule has 9 heteroatoms. The molecular formula is C12H17F2NO5S. The fourth-order valence-corrected chi connectivity index (χ4v) is 1.66. The molecule has 6 nitrogen and oxygen atoms in total. The first kappa shape index (κ1) is 19.4. The first-order chi connectivity index (χ1) is 9.33. The maximum Gasteiger partial charge on any atom is 0.320 e. The Labute approximate surface area is 121 Å². The SMILES string of the molecule is CC(F)(F)C[C@H](N)C(=O)O.Cc1ccc(S(=O)(=O)O)cc1. The molecule has 21 heavy (non-hydrogen) atoms. The van der Waals surface area contributed by atoms with Crippen molar-refractivity contribution < 1.29 is 31.7 Å². The van der Waals surface area contributed by atoms with E-state index in [9.17, 15) is 22.0 Å². The highest BCUT2D eigenvalue weighted by molar-refractivity contribution is 7.85. The molecule has 0 fully saturated rings. The maximum atomic E-state index is 12.0. The van der Waals surface area contributed by atoms with Crippen LogP contribution in [0.1, 0.15) is 18.9 Å². The van der Waals surface area contributed by atoms with Crippen molar-refractivity contribution >= 4 is 16.1 Å². The van der Waals surface area contributed by atoms with Crippen LogP contribution in [0.3, 0.4) is 0 Å². The molecule has 0 spiro atoms. The lowest BCUT2D eigenvalue weighted by Gasteiger charge is -2.12. The molecule has 0 aliphatic heterocycles. The molecule has 1 aromatic carbocycles. The third-order valence-corrected chi connectivity index (χ3v) is 3.08. The molecule has 0 saturated heterocycles. The van der Waals surface area contributed by atoms with Crippen molar-refractivity contribution in [3.63, 3.8) is 0 Å². The lowest BCUT2D eigenvalue weighted by Crippen LogP contribution is -2.35. The molecule has 0 heterocycles. The van der Waals surface area contributed by atoms with E-state index in [1.165, 1.54) is 12.1 Å². The number of carboxylic acids is 1. The standard InChI is InChI=1S/C7H8O3S.C5H9F2NO2/c1-6-2-4-7(5-3-6)11(8,9)10;1-5(6,7)2-3(8)4(9)10/h2-5H,1H3,(H,8,9,10);3H,2,8H2,1H3,(H,9,10)/t;3-/m.0/s1. The summed E-state index contributed by atoms with van der Waals surface area (Å²) in [5, 5.41) is 8.09. The van der Waals surface area contributed by atoms with Crippen LogP contribution in [0.2, 0.25) is 0 Å². The molecule has 0 amide bonds. The van der Waals surface area contributed by atoms with Gasteiger partial charge in [-0.15, -0.1) is 0 Å². The second kappa shape index (κ2) is 7.43. The Morgan fingerprint density at radius 1 is 1.33 bits per heavy atom. The van der Waals surface area contributed by atoms with Gasteiger partial charge in [-0.3, -0.25) is 9.35 Å². The number of rotatable bonds is 4. The smallest absolute Gasteiger partial charge is 0.320 e. The minimum atomic E-state index is -4.02. The third-order valence-electron chi connectivity index (χ3n) is 2.21. The van der Waals surface area contributed by atoms with Crippen molar-refractivity contribution in [1.82, 2.24) is 0 Å². The number of hydrogen-bond acceptors (Lipinski definition) is 4. The number of benzene rings is 1. The van der Waals surface area contributed by atoms with E-state index in [4.69, 9.17) is 15.4 Å². The van der Waals surface area contributed by atoms with Gasteiger partial charge >= 0.3 is 5.97 Å². The van der Waals surface area contributed by atoms with Crippen molar-refractivity contribution in [2.24, 2.45) is 5.73 Å². The lowest BCUT2D eigenvalue weighted by atomic mass is 10.1. The predicted molar refractivity (Wildman–Crippen MR) is 71.8 cm³/mol. The molecule has 0 saturated carbocycles. The van der Waals surface area contributed by atoms with Crippen molar-refractivity contribution in [3.8, 4) is 0 Å². The van der Waals surface area contributed by atoms with Crippen LogP contribution in [0.5, 0.6) is 0 Å². The van der Waals surface area contributed by atoms with Gasteiger partial charge in [-0.25, -0.2) is 8.78 Å². The number of halogens is 2. The van der Waals surface area contributed by atoms with Crippen LogP contribution in [-0.2, 0) is 14.9 Å². The number of carbonyl (C=O) groups is 1. The van der Waals surface area contributed by atoms with Crippen LogP contribution in [0.4, 0.5) is 8.78 Å². The van der Waals surface area contributed by atoms with Crippen molar-refractivity contribution in [2.45, 2.75) is 37.1 Å². The molecule has 0 radical (unpaired) electrons. The summed E-state index contributed by atoms with van der Waals surface area (Å²) in [5.74, 6) is -4.40. The van der Waals surface area contributed by atoms with E-state index in [-0.39, 0.29) is 4.90 Å². The minimum Gasteiger partial charge on any atom is -0.480 e. The third kappa shape index (κ3) is 9.05. The van der Waals surface area contributed by atoms with Gasteiger partial charge in [-0.2, -0.15) is 8.42 Å². The van der Waals surface area contributed by atoms with Gasteiger partial charge in [-0.05, 0) is 26.0 Å². The highest BCUT2D eigenvalue weighted by Gasteiger charge is 2.28. The van der Waals surface area contributed by atoms with Crippen LogP contribution >= 0.6 is 0 Å². The molecule has 0 aromatic heterocycles. The van der Waals surface area contributed by atoms with Crippen LogP contribution in [-0.4, -0.2) is 36.0 Å². The number of carboxylic acid groups (broad SMARTS) is 1. The van der Waals surface area contributed by atoms with Gasteiger partial charge in [0.15, 0.2) is 0 Å². The van der Waals surface area contributed by atoms with E-state index in [2.05, 4.69) is 0 Å². The lowest BCUT2D eigenvalue weighted by molar-refractivity contribution is -0.140. The summed E-state index contributed by atoms with van der Waals surface area (Å²) in [6, 6.07) is 4.52. The Balaban J connectivity index is 0.000000384. The van der Waals surface area contributed by atoms with E-state index in [0.29, 0.717) is 6.92 Å². The Kier molecular flexibility index (Phi) is 6.88. The van der Waals surface area contributed by atoms with E-state index in [1.807, 2.05) is 6.92 Å². The molecule has 1 atom stereocenters. The Hall–Kier alpha value is -1.58. The monoisotopic (exact) mass is 325 g/mol. The second-order valence-corrected chi connectivity index (χ2v) is 5.93. The molecule has 1 rings (SSSR count). The number of aliphatic carboxylic acids is 1. The fourth-order valence-electron chi connectivity index (χ4n) is 1.18. The molecule has 0 unspecified atom stereocenters. The number of alkyl halides is 2. The highest BCUT2D eigenvalue weighted by Crippen LogP contribution is 2.17. The van der Waals surface area contributed by atoms with Gasteiger partial charge in [0.25, 0.3) is 10.1 Å². The number of hydrogen-bond donors (Lipinski definition) is 3. The molecular weight excluding hydrogens is 308 g/mol. The van der Waals surface area contributed by atoms with Crippen LogP contribution in [0.25, 0.3) is 0 Å². The minimum absolute atomic E-state index is 0.0666. The normalized spacial score (nSPS) is 13.0. The quantitative estimate of drug-likeness (QED) is 0.725. The van der Waals surface area contributed by atoms with Gasteiger partial charge in [0.1, 0.15) is 6.04 Å². The molecule has 1 aromatic rings. The zero-order valence-electron chi connectivity index (χ0n) is 11.5. The Morgan fingerprint density at radius 2 is 1.76 bits per heavy atom. The number of aryl methyl sites for hydroxylation is 1. The van der Waals surface area contributed by atoms with Crippen molar-refractivity contribution in [2.75, 3.05) is 0 Å². The van der Waals surface area contributed by atoms with Gasteiger partial charge < -0.3 is 10.8 Å². The predicted octanol–water partition coefficient (Wildman–Crippen LogP) is 1.69.